The van der Waals surface area contributed by atoms with E-state index in [1.807, 2.05) is 6.08 Å². The Balaban J connectivity index is 2.87. The molecule has 0 amide bonds. The summed E-state index contributed by atoms with van der Waals surface area (Å²) in [6.45, 7) is 3.78. The third kappa shape index (κ3) is 0.959. The number of aryl methyl sites for hydroxylation is 1. The molecule has 0 spiro atoms. The maximum absolute atomic E-state index is 3.78. The van der Waals surface area contributed by atoms with Gasteiger partial charge in [0.05, 0.1) is 0 Å². The van der Waals surface area contributed by atoms with Crippen LogP contribution in [0.1, 0.15) is 5.01 Å². The van der Waals surface area contributed by atoms with E-state index in [1.54, 1.807) is 11.3 Å². The topological polar surface area (TPSA) is 3.88 Å². The average molecular weight is 176 g/mol. The Morgan fingerprint density at radius 3 is 2.83 bits per heavy atom. The van der Waals surface area contributed by atoms with Crippen LogP contribution in [-0.2, 0) is 7.05 Å². The van der Waals surface area contributed by atoms with Crippen molar-refractivity contribution < 1.29 is 4.57 Å². The highest BCUT2D eigenvalue weighted by atomic mass is 32.1. The Labute approximate surface area is 75.6 Å². The number of hydrogen-bond donors (Lipinski definition) is 0. The van der Waals surface area contributed by atoms with Crippen molar-refractivity contribution in [3.05, 3.63) is 35.9 Å². The fourth-order valence-electron chi connectivity index (χ4n) is 1.30. The minimum atomic E-state index is 1.20. The van der Waals surface area contributed by atoms with Crippen molar-refractivity contribution in [2.75, 3.05) is 0 Å². The zero-order valence-electron chi connectivity index (χ0n) is 6.95. The van der Waals surface area contributed by atoms with Gasteiger partial charge in [-0.1, -0.05) is 30.0 Å². The maximum atomic E-state index is 3.78. The van der Waals surface area contributed by atoms with Crippen LogP contribution in [0.15, 0.2) is 30.8 Å². The molecule has 0 unspecified atom stereocenters. The van der Waals surface area contributed by atoms with Crippen LogP contribution in [0, 0.1) is 0 Å². The van der Waals surface area contributed by atoms with E-state index in [9.17, 15) is 0 Å². The first kappa shape index (κ1) is 7.50. The molecule has 0 atom stereocenters. The summed E-state index contributed by atoms with van der Waals surface area (Å²) in [5.41, 5.74) is 1.28. The van der Waals surface area contributed by atoms with Crippen molar-refractivity contribution in [2.24, 2.45) is 7.05 Å². The van der Waals surface area contributed by atoms with Crippen LogP contribution in [0.2, 0.25) is 0 Å². The molecule has 0 aliphatic carbocycles. The van der Waals surface area contributed by atoms with E-state index < -0.39 is 0 Å². The van der Waals surface area contributed by atoms with Crippen LogP contribution in [0.25, 0.3) is 16.3 Å². The van der Waals surface area contributed by atoms with Crippen molar-refractivity contribution in [1.29, 1.82) is 0 Å². The summed E-state index contributed by atoms with van der Waals surface area (Å²) in [4.78, 5) is 0. The number of hydrogen-bond acceptors (Lipinski definition) is 1. The second kappa shape index (κ2) is 2.72. The fourth-order valence-corrected chi connectivity index (χ4v) is 2.30. The molecule has 1 heterocycles. The van der Waals surface area contributed by atoms with Crippen LogP contribution < -0.4 is 4.57 Å². The van der Waals surface area contributed by atoms with Gasteiger partial charge in [-0.25, -0.2) is 0 Å². The Hall–Kier alpha value is -1.15. The van der Waals surface area contributed by atoms with Gasteiger partial charge >= 0.3 is 0 Å². The smallest absolute Gasteiger partial charge is 0.185 e. The molecule has 1 aromatic heterocycles. The number of thiazole rings is 1. The van der Waals surface area contributed by atoms with Gasteiger partial charge < -0.3 is 0 Å². The lowest BCUT2D eigenvalue weighted by atomic mass is 10.3. The lowest BCUT2D eigenvalue weighted by Crippen LogP contribution is -2.28. The number of aromatic nitrogens is 1. The van der Waals surface area contributed by atoms with Gasteiger partial charge in [-0.05, 0) is 6.07 Å². The van der Waals surface area contributed by atoms with Gasteiger partial charge in [0.15, 0.2) is 0 Å². The van der Waals surface area contributed by atoms with Gasteiger partial charge in [0.1, 0.15) is 11.7 Å². The van der Waals surface area contributed by atoms with Gasteiger partial charge in [0.25, 0.3) is 5.01 Å². The lowest BCUT2D eigenvalue weighted by molar-refractivity contribution is -0.642. The van der Waals surface area contributed by atoms with Crippen molar-refractivity contribution in [1.82, 2.24) is 0 Å². The normalized spacial score (nSPS) is 10.4. The number of fused-ring (bicyclic) bond motifs is 1. The molecule has 0 saturated heterocycles. The molecule has 2 heteroatoms. The standard InChI is InChI=1S/C10H10NS/c1-3-10-11(2)8-6-4-5-7-9(8)12-10/h3-7H,1H2,2H3/q+1. The summed E-state index contributed by atoms with van der Waals surface area (Å²) in [5.74, 6) is 0. The predicted molar refractivity (Wildman–Crippen MR) is 53.1 cm³/mol. The number of para-hydroxylation sites is 1. The minimum absolute atomic E-state index is 1.20. The Morgan fingerprint density at radius 2 is 2.17 bits per heavy atom. The average Bonchev–Trinajstić information content (AvgIpc) is 2.44. The van der Waals surface area contributed by atoms with E-state index in [1.165, 1.54) is 15.2 Å². The van der Waals surface area contributed by atoms with Gasteiger partial charge in [0, 0.05) is 12.1 Å². The van der Waals surface area contributed by atoms with Crippen molar-refractivity contribution >= 4 is 27.6 Å². The highest BCUT2D eigenvalue weighted by Gasteiger charge is 2.11. The molecule has 0 bridgehead atoms. The molecule has 1 nitrogen and oxygen atoms in total. The monoisotopic (exact) mass is 176 g/mol. The third-order valence-electron chi connectivity index (χ3n) is 1.95. The molecule has 0 fully saturated rings. The summed E-state index contributed by atoms with van der Waals surface area (Å²) in [7, 11) is 2.07. The fraction of sp³-hybridized carbons (Fsp3) is 0.100. The van der Waals surface area contributed by atoms with Crippen LogP contribution >= 0.6 is 11.3 Å². The second-order valence-electron chi connectivity index (χ2n) is 2.67. The van der Waals surface area contributed by atoms with Crippen molar-refractivity contribution in [3.63, 3.8) is 0 Å². The van der Waals surface area contributed by atoms with Gasteiger partial charge in [-0.15, -0.1) is 0 Å². The van der Waals surface area contributed by atoms with E-state index in [2.05, 4.69) is 42.5 Å². The molecule has 0 radical (unpaired) electrons. The summed E-state index contributed by atoms with van der Waals surface area (Å²) in [6, 6.07) is 8.37. The molecule has 2 rings (SSSR count). The third-order valence-corrected chi connectivity index (χ3v) is 3.16. The SMILES string of the molecule is C=Cc1sc2ccccc2[n+]1C. The first-order valence-electron chi connectivity index (χ1n) is 3.83. The highest BCUT2D eigenvalue weighted by molar-refractivity contribution is 7.18. The van der Waals surface area contributed by atoms with Crippen molar-refractivity contribution in [2.45, 2.75) is 0 Å². The van der Waals surface area contributed by atoms with Crippen LogP contribution in [-0.4, -0.2) is 0 Å². The first-order valence-corrected chi connectivity index (χ1v) is 4.64. The van der Waals surface area contributed by atoms with Gasteiger partial charge in [0.2, 0.25) is 5.52 Å². The Bertz CT molecular complexity index is 428. The summed E-state index contributed by atoms with van der Waals surface area (Å²) >= 11 is 1.77. The first-order chi connectivity index (χ1) is 5.83. The molecule has 12 heavy (non-hydrogen) atoms. The van der Waals surface area contributed by atoms with E-state index in [0.717, 1.165) is 0 Å². The van der Waals surface area contributed by atoms with E-state index in [4.69, 9.17) is 0 Å². The van der Waals surface area contributed by atoms with Crippen LogP contribution in [0.4, 0.5) is 0 Å². The quantitative estimate of drug-likeness (QED) is 0.587. The molecular weight excluding hydrogens is 166 g/mol. The number of rotatable bonds is 1. The van der Waals surface area contributed by atoms with Gasteiger partial charge in [-0.2, -0.15) is 4.57 Å². The largest absolute Gasteiger partial charge is 0.261 e. The molecule has 2 aromatic rings. The summed E-state index contributed by atoms with van der Waals surface area (Å²) in [5, 5.41) is 1.20. The molecule has 1 aromatic carbocycles. The molecule has 0 saturated carbocycles. The van der Waals surface area contributed by atoms with Gasteiger partial charge in [-0.3, -0.25) is 0 Å². The van der Waals surface area contributed by atoms with E-state index in [0.29, 0.717) is 0 Å². The lowest BCUT2D eigenvalue weighted by Gasteiger charge is -1.83. The van der Waals surface area contributed by atoms with Crippen LogP contribution in [0.5, 0.6) is 0 Å². The highest BCUT2D eigenvalue weighted by Crippen LogP contribution is 2.19. The van der Waals surface area contributed by atoms with Crippen molar-refractivity contribution in [3.8, 4) is 0 Å². The molecule has 0 N–H and O–H groups in total. The zero-order valence-corrected chi connectivity index (χ0v) is 7.77. The number of benzene rings is 1. The molecule has 60 valence electrons. The Morgan fingerprint density at radius 1 is 1.42 bits per heavy atom. The predicted octanol–water partition coefficient (Wildman–Crippen LogP) is 2.37. The summed E-state index contributed by atoms with van der Waals surface area (Å²) in [6.07, 6.45) is 1.89. The van der Waals surface area contributed by atoms with E-state index in [-0.39, 0.29) is 0 Å². The second-order valence-corrected chi connectivity index (χ2v) is 3.73. The number of nitrogens with zero attached hydrogens (tertiary/aromatic N) is 1. The Kier molecular flexibility index (Phi) is 1.70. The summed E-state index contributed by atoms with van der Waals surface area (Å²) < 4.78 is 3.47. The van der Waals surface area contributed by atoms with E-state index >= 15 is 0 Å². The van der Waals surface area contributed by atoms with Crippen LogP contribution in [0.3, 0.4) is 0 Å². The minimum Gasteiger partial charge on any atom is -0.185 e. The molecule has 0 aliphatic rings. The maximum Gasteiger partial charge on any atom is 0.261 e. The molecule has 0 aliphatic heterocycles. The molecular formula is C10H10NS+. The zero-order chi connectivity index (χ0) is 8.55.